The third kappa shape index (κ3) is 3.74. The van der Waals surface area contributed by atoms with Gasteiger partial charge in [0.05, 0.1) is 30.1 Å². The standard InChI is InChI=1S/C19H14F3N5/c20-19(21,22)14-4-1-5-15(7-14)26-18-8-17-16(10-24-18)25-12-27(17)11-13-3-2-6-23-9-13/h1-10,12H,11H2,(H,24,26). The average molecular weight is 369 g/mol. The number of pyridine rings is 2. The molecule has 136 valence electrons. The van der Waals surface area contributed by atoms with Crippen LogP contribution in [0.25, 0.3) is 11.0 Å². The smallest absolute Gasteiger partial charge is 0.340 e. The van der Waals surface area contributed by atoms with Gasteiger partial charge in [0.2, 0.25) is 0 Å². The zero-order valence-corrected chi connectivity index (χ0v) is 14.0. The van der Waals surface area contributed by atoms with Gasteiger partial charge in [0.1, 0.15) is 11.3 Å². The number of aromatic nitrogens is 4. The van der Waals surface area contributed by atoms with E-state index < -0.39 is 11.7 Å². The molecule has 0 saturated heterocycles. The van der Waals surface area contributed by atoms with Gasteiger partial charge in [-0.05, 0) is 29.8 Å². The highest BCUT2D eigenvalue weighted by Crippen LogP contribution is 2.31. The van der Waals surface area contributed by atoms with Crippen molar-refractivity contribution in [3.8, 4) is 0 Å². The first-order valence-electron chi connectivity index (χ1n) is 8.13. The van der Waals surface area contributed by atoms with Crippen LogP contribution < -0.4 is 5.32 Å². The predicted molar refractivity (Wildman–Crippen MR) is 95.6 cm³/mol. The number of benzene rings is 1. The minimum Gasteiger partial charge on any atom is -0.340 e. The molecule has 0 radical (unpaired) electrons. The molecule has 0 saturated carbocycles. The number of fused-ring (bicyclic) bond motifs is 1. The van der Waals surface area contributed by atoms with Crippen molar-refractivity contribution in [3.05, 3.63) is 78.5 Å². The summed E-state index contributed by atoms with van der Waals surface area (Å²) < 4.78 is 40.6. The van der Waals surface area contributed by atoms with E-state index in [0.29, 0.717) is 23.6 Å². The van der Waals surface area contributed by atoms with Crippen LogP contribution in [-0.2, 0) is 12.7 Å². The molecule has 3 heterocycles. The van der Waals surface area contributed by atoms with Gasteiger partial charge in [0, 0.05) is 24.1 Å². The topological polar surface area (TPSA) is 55.6 Å². The minimum absolute atomic E-state index is 0.315. The van der Waals surface area contributed by atoms with Crippen molar-refractivity contribution in [3.63, 3.8) is 0 Å². The number of halogens is 3. The highest BCUT2D eigenvalue weighted by molar-refractivity contribution is 5.78. The summed E-state index contributed by atoms with van der Waals surface area (Å²) in [4.78, 5) is 12.6. The van der Waals surface area contributed by atoms with Crippen LogP contribution >= 0.6 is 0 Å². The Morgan fingerprint density at radius 3 is 2.67 bits per heavy atom. The number of hydrogen-bond acceptors (Lipinski definition) is 4. The van der Waals surface area contributed by atoms with Crippen LogP contribution in [0.2, 0.25) is 0 Å². The Morgan fingerprint density at radius 1 is 1.00 bits per heavy atom. The van der Waals surface area contributed by atoms with Crippen LogP contribution in [0.3, 0.4) is 0 Å². The van der Waals surface area contributed by atoms with Crippen molar-refractivity contribution in [1.29, 1.82) is 0 Å². The quantitative estimate of drug-likeness (QED) is 0.570. The lowest BCUT2D eigenvalue weighted by Gasteiger charge is -2.10. The summed E-state index contributed by atoms with van der Waals surface area (Å²) in [5.41, 5.74) is 2.14. The molecule has 0 aliphatic heterocycles. The van der Waals surface area contributed by atoms with Gasteiger partial charge >= 0.3 is 6.18 Å². The fraction of sp³-hybridized carbons (Fsp3) is 0.105. The van der Waals surface area contributed by atoms with Gasteiger partial charge in [-0.2, -0.15) is 13.2 Å². The fourth-order valence-electron chi connectivity index (χ4n) is 2.77. The summed E-state index contributed by atoms with van der Waals surface area (Å²) in [6, 6.07) is 10.6. The monoisotopic (exact) mass is 369 g/mol. The molecule has 0 unspecified atom stereocenters. The zero-order chi connectivity index (χ0) is 18.9. The average Bonchev–Trinajstić information content (AvgIpc) is 3.04. The van der Waals surface area contributed by atoms with Gasteiger partial charge in [0.25, 0.3) is 0 Å². The van der Waals surface area contributed by atoms with E-state index in [4.69, 9.17) is 0 Å². The van der Waals surface area contributed by atoms with E-state index in [1.54, 1.807) is 37.1 Å². The Morgan fingerprint density at radius 2 is 1.89 bits per heavy atom. The summed E-state index contributed by atoms with van der Waals surface area (Å²) in [5.74, 6) is 0.440. The molecule has 0 aliphatic rings. The maximum Gasteiger partial charge on any atom is 0.416 e. The number of nitrogens with zero attached hydrogens (tertiary/aromatic N) is 4. The molecule has 1 N–H and O–H groups in total. The number of hydrogen-bond donors (Lipinski definition) is 1. The number of imidazole rings is 1. The molecule has 0 aliphatic carbocycles. The van der Waals surface area contributed by atoms with Crippen LogP contribution in [0.15, 0.2) is 67.4 Å². The van der Waals surface area contributed by atoms with Gasteiger partial charge < -0.3 is 9.88 Å². The molecular weight excluding hydrogens is 355 g/mol. The van der Waals surface area contributed by atoms with Crippen molar-refractivity contribution in [2.75, 3.05) is 5.32 Å². The van der Waals surface area contributed by atoms with Crippen molar-refractivity contribution in [1.82, 2.24) is 19.5 Å². The van der Waals surface area contributed by atoms with Gasteiger partial charge in [-0.25, -0.2) is 9.97 Å². The number of anilines is 2. The Labute approximate surface area is 152 Å². The van der Waals surface area contributed by atoms with Crippen molar-refractivity contribution < 1.29 is 13.2 Å². The summed E-state index contributed by atoms with van der Waals surface area (Å²) in [6.07, 6.45) is 2.38. The van der Waals surface area contributed by atoms with Crippen LogP contribution in [0.5, 0.6) is 0 Å². The highest BCUT2D eigenvalue weighted by Gasteiger charge is 2.30. The molecule has 0 bridgehead atoms. The van der Waals surface area contributed by atoms with Crippen molar-refractivity contribution in [2.45, 2.75) is 12.7 Å². The summed E-state index contributed by atoms with van der Waals surface area (Å²) in [5, 5.41) is 2.92. The van der Waals surface area contributed by atoms with E-state index in [-0.39, 0.29) is 0 Å². The Hall–Kier alpha value is -3.42. The SMILES string of the molecule is FC(F)(F)c1cccc(Nc2cc3c(cn2)ncn3Cc2cccnc2)c1. The molecule has 4 rings (SSSR count). The normalized spacial score (nSPS) is 11.7. The zero-order valence-electron chi connectivity index (χ0n) is 14.0. The van der Waals surface area contributed by atoms with E-state index >= 15 is 0 Å². The lowest BCUT2D eigenvalue weighted by atomic mass is 10.2. The molecule has 3 aromatic heterocycles. The number of rotatable bonds is 4. The third-order valence-electron chi connectivity index (χ3n) is 4.05. The minimum atomic E-state index is -4.39. The highest BCUT2D eigenvalue weighted by atomic mass is 19.4. The number of alkyl halides is 3. The molecule has 8 heteroatoms. The van der Waals surface area contributed by atoms with Crippen LogP contribution in [0.1, 0.15) is 11.1 Å². The molecule has 0 fully saturated rings. The van der Waals surface area contributed by atoms with E-state index in [9.17, 15) is 13.2 Å². The van der Waals surface area contributed by atoms with E-state index in [0.717, 1.165) is 23.2 Å². The van der Waals surface area contributed by atoms with Crippen LogP contribution in [-0.4, -0.2) is 19.5 Å². The maximum absolute atomic E-state index is 12.9. The Bertz CT molecular complexity index is 1070. The summed E-state index contributed by atoms with van der Waals surface area (Å²) in [6.45, 7) is 0.581. The van der Waals surface area contributed by atoms with Gasteiger partial charge in [-0.1, -0.05) is 12.1 Å². The molecule has 0 spiro atoms. The van der Waals surface area contributed by atoms with E-state index in [1.165, 1.54) is 6.07 Å². The first kappa shape index (κ1) is 17.0. The third-order valence-corrected chi connectivity index (χ3v) is 4.05. The first-order valence-corrected chi connectivity index (χ1v) is 8.13. The van der Waals surface area contributed by atoms with Crippen molar-refractivity contribution >= 4 is 22.5 Å². The van der Waals surface area contributed by atoms with Gasteiger partial charge in [-0.3, -0.25) is 4.98 Å². The van der Waals surface area contributed by atoms with Gasteiger partial charge in [0.15, 0.2) is 0 Å². The second-order valence-corrected chi connectivity index (χ2v) is 6.00. The van der Waals surface area contributed by atoms with E-state index in [2.05, 4.69) is 20.3 Å². The summed E-state index contributed by atoms with van der Waals surface area (Å²) >= 11 is 0. The fourth-order valence-corrected chi connectivity index (χ4v) is 2.77. The van der Waals surface area contributed by atoms with Crippen LogP contribution in [0, 0.1) is 0 Å². The maximum atomic E-state index is 12.9. The number of nitrogens with one attached hydrogen (secondary N) is 1. The van der Waals surface area contributed by atoms with E-state index in [1.807, 2.05) is 16.7 Å². The molecule has 27 heavy (non-hydrogen) atoms. The lowest BCUT2D eigenvalue weighted by molar-refractivity contribution is -0.137. The summed E-state index contributed by atoms with van der Waals surface area (Å²) in [7, 11) is 0. The van der Waals surface area contributed by atoms with Gasteiger partial charge in [-0.15, -0.1) is 0 Å². The molecular formula is C19H14F3N5. The molecule has 0 amide bonds. The Balaban J connectivity index is 1.63. The largest absolute Gasteiger partial charge is 0.416 e. The second kappa shape index (κ2) is 6.71. The molecule has 4 aromatic rings. The van der Waals surface area contributed by atoms with Crippen LogP contribution in [0.4, 0.5) is 24.7 Å². The molecule has 5 nitrogen and oxygen atoms in total. The van der Waals surface area contributed by atoms with Crippen molar-refractivity contribution in [2.24, 2.45) is 0 Å². The Kier molecular flexibility index (Phi) is 4.23. The molecule has 0 atom stereocenters. The first-order chi connectivity index (χ1) is 13.0. The lowest BCUT2D eigenvalue weighted by Crippen LogP contribution is -2.05. The molecule has 1 aromatic carbocycles. The predicted octanol–water partition coefficient (Wildman–Crippen LogP) is 4.64. The second-order valence-electron chi connectivity index (χ2n) is 6.00.